The van der Waals surface area contributed by atoms with Crippen LogP contribution in [0.25, 0.3) is 16.5 Å². The van der Waals surface area contributed by atoms with Gasteiger partial charge in [-0.15, -0.1) is 0 Å². The number of aliphatic hydroxyl groups is 1. The van der Waals surface area contributed by atoms with Crippen LogP contribution in [0.5, 0.6) is 0 Å². The van der Waals surface area contributed by atoms with E-state index in [1.165, 1.54) is 13.0 Å². The van der Waals surface area contributed by atoms with Crippen molar-refractivity contribution < 1.29 is 28.6 Å². The maximum atomic E-state index is 15.1. The van der Waals surface area contributed by atoms with E-state index in [-0.39, 0.29) is 30.2 Å². The summed E-state index contributed by atoms with van der Waals surface area (Å²) < 4.78 is 20.4. The summed E-state index contributed by atoms with van der Waals surface area (Å²) in [6.07, 6.45) is 5.09. The minimum Gasteiger partial charge on any atom is -0.460 e. The number of amides is 1. The van der Waals surface area contributed by atoms with Crippen LogP contribution in [-0.4, -0.2) is 41.0 Å². The van der Waals surface area contributed by atoms with Gasteiger partial charge in [-0.2, -0.15) is 0 Å². The molecule has 0 radical (unpaired) electrons. The second-order valence-electron chi connectivity index (χ2n) is 11.1. The fourth-order valence-electron chi connectivity index (χ4n) is 6.03. The predicted molar refractivity (Wildman–Crippen MR) is 152 cm³/mol. The van der Waals surface area contributed by atoms with E-state index in [1.54, 1.807) is 6.92 Å². The monoisotopic (exact) mass is 550 g/mol. The predicted octanol–water partition coefficient (Wildman–Crippen LogP) is 5.24. The van der Waals surface area contributed by atoms with Crippen LogP contribution in [0.1, 0.15) is 87.9 Å². The number of ketones is 1. The molecule has 2 N–H and O–H groups in total. The summed E-state index contributed by atoms with van der Waals surface area (Å²) in [6, 6.07) is 1.08. The van der Waals surface area contributed by atoms with Crippen LogP contribution in [0.2, 0.25) is 0 Å². The van der Waals surface area contributed by atoms with Crippen LogP contribution in [-0.2, 0) is 32.0 Å². The Labute approximate surface area is 234 Å². The number of ether oxygens (including phenoxy) is 1. The average Bonchev–Trinajstić information content (AvgIpc) is 2.92. The molecule has 3 unspecified atom stereocenters. The molecule has 214 valence electrons. The Morgan fingerprint density at radius 2 is 2.02 bits per heavy atom. The number of hydrogen-bond donors (Lipinski definition) is 2. The molecule has 2 heterocycles. The highest BCUT2D eigenvalue weighted by atomic mass is 19.1. The molecule has 1 aromatic heterocycles. The van der Waals surface area contributed by atoms with Crippen molar-refractivity contribution in [2.24, 2.45) is 11.8 Å². The highest BCUT2D eigenvalue weighted by Crippen LogP contribution is 2.43. The Hall–Kier alpha value is -3.39. The molecule has 8 heteroatoms. The molecule has 0 fully saturated rings. The van der Waals surface area contributed by atoms with Crippen LogP contribution in [0.4, 0.5) is 4.39 Å². The lowest BCUT2D eigenvalue weighted by Gasteiger charge is -2.32. The number of pyridine rings is 1. The second-order valence-corrected chi connectivity index (χ2v) is 11.1. The van der Waals surface area contributed by atoms with Crippen LogP contribution >= 0.6 is 0 Å². The van der Waals surface area contributed by atoms with Crippen LogP contribution in [0.15, 0.2) is 23.3 Å². The van der Waals surface area contributed by atoms with Crippen LogP contribution in [0.3, 0.4) is 0 Å². The number of aromatic nitrogens is 1. The van der Waals surface area contributed by atoms with Crippen LogP contribution in [0, 0.1) is 24.6 Å². The lowest BCUT2D eigenvalue weighted by atomic mass is 9.78. The molecule has 1 aromatic carbocycles. The molecular weight excluding hydrogens is 511 g/mol. The number of cyclic esters (lactones) is 1. The molecule has 0 spiro atoms. The van der Waals surface area contributed by atoms with Gasteiger partial charge in [-0.05, 0) is 85.8 Å². The Bertz CT molecular complexity index is 1440. The molecule has 4 rings (SSSR count). The maximum Gasteiger partial charge on any atom is 0.313 e. The Kier molecular flexibility index (Phi) is 8.88. The highest BCUT2D eigenvalue weighted by Gasteiger charge is 2.33. The molecule has 7 nitrogen and oxygen atoms in total. The molecule has 1 amide bonds. The number of aliphatic hydroxyl groups excluding tert-OH is 1. The number of carbonyl (C=O) groups is 3. The first kappa shape index (κ1) is 29.6. The number of esters is 1. The van der Waals surface area contributed by atoms with Crippen molar-refractivity contribution in [3.8, 4) is 0 Å². The zero-order valence-electron chi connectivity index (χ0n) is 24.2. The van der Waals surface area contributed by atoms with Gasteiger partial charge >= 0.3 is 5.97 Å². The molecule has 2 aromatic rings. The van der Waals surface area contributed by atoms with Gasteiger partial charge in [0.25, 0.3) is 0 Å². The minimum absolute atomic E-state index is 0.0665. The Balaban J connectivity index is 2.06. The molecule has 3 atom stereocenters. The van der Waals surface area contributed by atoms with Gasteiger partial charge in [0, 0.05) is 17.0 Å². The fraction of sp³-hybridized carbons (Fsp3) is 0.500. The number of Topliss-reactive ketones (excluding diaryl/α,β-unsaturated/α-hetero) is 1. The van der Waals surface area contributed by atoms with E-state index in [1.807, 2.05) is 19.9 Å². The number of halogens is 1. The van der Waals surface area contributed by atoms with Crippen molar-refractivity contribution in [2.45, 2.75) is 79.7 Å². The smallest absolute Gasteiger partial charge is 0.313 e. The fourth-order valence-corrected chi connectivity index (χ4v) is 6.03. The van der Waals surface area contributed by atoms with E-state index in [2.05, 4.69) is 19.2 Å². The van der Waals surface area contributed by atoms with E-state index in [4.69, 9.17) is 9.72 Å². The lowest BCUT2D eigenvalue weighted by Crippen LogP contribution is -2.34. The quantitative estimate of drug-likeness (QED) is 0.414. The first-order valence-corrected chi connectivity index (χ1v) is 14.2. The summed E-state index contributed by atoms with van der Waals surface area (Å²) in [5.74, 6) is -1.58. The molecule has 0 bridgehead atoms. The molecule has 2 aliphatic rings. The van der Waals surface area contributed by atoms with Crippen molar-refractivity contribution in [3.63, 3.8) is 0 Å². The standard InChI is InChI=1S/C32H39FN2O5/c1-7-16(3)11-23-30-26(34-28(38)14-36)10-9-21-18(5)25(33)13-27(29(21)30)35-31(23)17(4)12-22-20(8-2)32(39)40-15-24(22)19(6)37/h12-13,16,20,26,36H,7-11,14-15H2,1-6H3,(H,34,38)/b17-12+. The number of aryl methyl sites for hydroxylation is 1. The zero-order chi connectivity index (χ0) is 29.3. The lowest BCUT2D eigenvalue weighted by molar-refractivity contribution is -0.147. The highest BCUT2D eigenvalue weighted by molar-refractivity contribution is 5.99. The van der Waals surface area contributed by atoms with E-state index in [0.29, 0.717) is 59.5 Å². The summed E-state index contributed by atoms with van der Waals surface area (Å²) in [4.78, 5) is 42.5. The topological polar surface area (TPSA) is 106 Å². The van der Waals surface area contributed by atoms with Gasteiger partial charge in [-0.3, -0.25) is 14.4 Å². The maximum absolute atomic E-state index is 15.1. The summed E-state index contributed by atoms with van der Waals surface area (Å²) in [5.41, 5.74) is 6.36. The third-order valence-electron chi connectivity index (χ3n) is 8.45. The third-order valence-corrected chi connectivity index (χ3v) is 8.45. The van der Waals surface area contributed by atoms with E-state index in [9.17, 15) is 19.5 Å². The number of rotatable bonds is 9. The number of carbonyl (C=O) groups excluding carboxylic acids is 3. The molecular formula is C32H39FN2O5. The number of allylic oxidation sites excluding steroid dienone is 2. The van der Waals surface area contributed by atoms with E-state index in [0.717, 1.165) is 34.1 Å². The van der Waals surface area contributed by atoms with E-state index >= 15 is 4.39 Å². The van der Waals surface area contributed by atoms with Crippen molar-refractivity contribution in [1.29, 1.82) is 0 Å². The number of hydrogen-bond acceptors (Lipinski definition) is 6. The zero-order valence-corrected chi connectivity index (χ0v) is 24.2. The van der Waals surface area contributed by atoms with Crippen LogP contribution < -0.4 is 5.32 Å². The summed E-state index contributed by atoms with van der Waals surface area (Å²) in [7, 11) is 0. The molecule has 1 aliphatic heterocycles. The Morgan fingerprint density at radius 1 is 1.30 bits per heavy atom. The van der Waals surface area contributed by atoms with E-state index < -0.39 is 18.4 Å². The minimum atomic E-state index is -0.622. The van der Waals surface area contributed by atoms with Crippen molar-refractivity contribution in [3.05, 3.63) is 57.1 Å². The summed E-state index contributed by atoms with van der Waals surface area (Å²) in [5, 5.41) is 13.3. The van der Waals surface area contributed by atoms with Gasteiger partial charge in [0.2, 0.25) is 5.91 Å². The third kappa shape index (κ3) is 5.46. The van der Waals surface area contributed by atoms with Gasteiger partial charge in [0.05, 0.1) is 23.2 Å². The number of nitrogens with zero attached hydrogens (tertiary/aromatic N) is 1. The molecule has 40 heavy (non-hydrogen) atoms. The van der Waals surface area contributed by atoms with Crippen molar-refractivity contribution in [2.75, 3.05) is 13.2 Å². The Morgan fingerprint density at radius 3 is 2.65 bits per heavy atom. The largest absolute Gasteiger partial charge is 0.460 e. The normalized spacial score (nSPS) is 20.0. The SMILES string of the molecule is CCC(C)Cc1c(/C(C)=C/C2=C(C(C)=O)COC(=O)C2CC)nc2cc(F)c(C)c3c2c1C(NC(=O)CO)CC3. The van der Waals surface area contributed by atoms with Gasteiger partial charge in [0.1, 0.15) is 19.0 Å². The summed E-state index contributed by atoms with van der Waals surface area (Å²) >= 11 is 0. The van der Waals surface area contributed by atoms with Gasteiger partial charge in [0.15, 0.2) is 5.78 Å². The van der Waals surface area contributed by atoms with Crippen molar-refractivity contribution >= 4 is 34.1 Å². The average molecular weight is 551 g/mol. The summed E-state index contributed by atoms with van der Waals surface area (Å²) in [6.45, 7) is 10.6. The first-order chi connectivity index (χ1) is 19.0. The van der Waals surface area contributed by atoms with Crippen molar-refractivity contribution in [1.82, 2.24) is 10.3 Å². The van der Waals surface area contributed by atoms with Gasteiger partial charge in [-0.1, -0.05) is 33.3 Å². The molecule has 0 saturated heterocycles. The number of nitrogens with one attached hydrogen (secondary N) is 1. The second kappa shape index (κ2) is 12.0. The van der Waals surface area contributed by atoms with Gasteiger partial charge < -0.3 is 15.2 Å². The molecule has 0 saturated carbocycles. The first-order valence-electron chi connectivity index (χ1n) is 14.2. The number of benzene rings is 1. The van der Waals surface area contributed by atoms with Gasteiger partial charge in [-0.25, -0.2) is 9.37 Å². The molecule has 1 aliphatic carbocycles.